The molecule has 1 nitrogen and oxygen atoms in total. The zero-order valence-corrected chi connectivity index (χ0v) is 6.23. The van der Waals surface area contributed by atoms with E-state index in [0.717, 1.165) is 0 Å². The first kappa shape index (κ1) is 6.40. The zero-order chi connectivity index (χ0) is 6.91. The zero-order valence-electron chi connectivity index (χ0n) is 6.23. The van der Waals surface area contributed by atoms with Crippen LogP contribution in [0.3, 0.4) is 0 Å². The fourth-order valence-electron chi connectivity index (χ4n) is 0.736. The summed E-state index contributed by atoms with van der Waals surface area (Å²) in [4.78, 5) is 0. The molecule has 1 heteroatoms. The predicted molar refractivity (Wildman–Crippen MR) is 40.1 cm³/mol. The van der Waals surface area contributed by atoms with Gasteiger partial charge in [0, 0.05) is 11.7 Å². The van der Waals surface area contributed by atoms with Crippen LogP contribution < -0.4 is 5.32 Å². The summed E-state index contributed by atoms with van der Waals surface area (Å²) in [6, 6.07) is 0. The van der Waals surface area contributed by atoms with Crippen LogP contribution in [0.4, 0.5) is 0 Å². The van der Waals surface area contributed by atoms with Gasteiger partial charge in [0.05, 0.1) is 0 Å². The van der Waals surface area contributed by atoms with Crippen LogP contribution in [0.25, 0.3) is 0 Å². The van der Waals surface area contributed by atoms with Crippen molar-refractivity contribution < 1.29 is 0 Å². The van der Waals surface area contributed by atoms with E-state index in [2.05, 4.69) is 38.2 Å². The van der Waals surface area contributed by atoms with E-state index in [-0.39, 0.29) is 5.54 Å². The Morgan fingerprint density at radius 3 is 2.44 bits per heavy atom. The average molecular weight is 123 g/mol. The Morgan fingerprint density at radius 2 is 2.11 bits per heavy atom. The molecule has 0 fully saturated rings. The molecule has 0 atom stereocenters. The van der Waals surface area contributed by atoms with Gasteiger partial charge in [-0.05, 0) is 26.3 Å². The number of rotatable bonds is 0. The molecule has 0 aromatic carbocycles. The highest BCUT2D eigenvalue weighted by Crippen LogP contribution is 2.11. The highest BCUT2D eigenvalue weighted by molar-refractivity contribution is 5.24. The quantitative estimate of drug-likeness (QED) is 0.518. The number of dihydropyridines is 1. The Bertz CT molecular complexity index is 163. The molecule has 0 spiro atoms. The van der Waals surface area contributed by atoms with E-state index >= 15 is 0 Å². The van der Waals surface area contributed by atoms with Crippen molar-refractivity contribution in [1.29, 1.82) is 0 Å². The molecule has 0 radical (unpaired) electrons. The summed E-state index contributed by atoms with van der Waals surface area (Å²) in [7, 11) is 0. The van der Waals surface area contributed by atoms with E-state index in [1.807, 2.05) is 6.20 Å². The number of nitrogens with one attached hydrogen (secondary N) is 1. The van der Waals surface area contributed by atoms with Crippen molar-refractivity contribution in [1.82, 2.24) is 5.32 Å². The lowest BCUT2D eigenvalue weighted by molar-refractivity contribution is 0.544. The van der Waals surface area contributed by atoms with Crippen LogP contribution in [-0.2, 0) is 0 Å². The predicted octanol–water partition coefficient (Wildman–Crippen LogP) is 1.83. The van der Waals surface area contributed by atoms with Crippen molar-refractivity contribution in [2.45, 2.75) is 26.3 Å². The molecule has 0 saturated carbocycles. The maximum Gasteiger partial charge on any atom is 0.0497 e. The fourth-order valence-corrected chi connectivity index (χ4v) is 0.736. The van der Waals surface area contributed by atoms with Gasteiger partial charge in [-0.2, -0.15) is 0 Å². The number of hydrogen-bond acceptors (Lipinski definition) is 1. The van der Waals surface area contributed by atoms with Crippen LogP contribution in [0.2, 0.25) is 0 Å². The topological polar surface area (TPSA) is 12.0 Å². The van der Waals surface area contributed by atoms with E-state index in [1.165, 1.54) is 5.57 Å². The molecule has 1 aliphatic heterocycles. The summed E-state index contributed by atoms with van der Waals surface area (Å²) in [5, 5.41) is 3.26. The maximum absolute atomic E-state index is 3.26. The normalized spacial score (nSPS) is 22.8. The van der Waals surface area contributed by atoms with Gasteiger partial charge in [-0.3, -0.25) is 0 Å². The lowest BCUT2D eigenvalue weighted by atomic mass is 10.0. The first-order valence-electron chi connectivity index (χ1n) is 3.24. The molecule has 0 aromatic heterocycles. The maximum atomic E-state index is 3.26. The highest BCUT2D eigenvalue weighted by Gasteiger charge is 2.12. The molecular weight excluding hydrogens is 110 g/mol. The first-order chi connectivity index (χ1) is 4.10. The van der Waals surface area contributed by atoms with Crippen LogP contribution in [-0.4, -0.2) is 5.54 Å². The van der Waals surface area contributed by atoms with Crippen LogP contribution in [0.1, 0.15) is 20.8 Å². The van der Waals surface area contributed by atoms with Crippen LogP contribution in [0.5, 0.6) is 0 Å². The Morgan fingerprint density at radius 1 is 1.44 bits per heavy atom. The third-order valence-corrected chi connectivity index (χ3v) is 1.43. The Hall–Kier alpha value is -0.720. The molecular formula is C8H13N. The van der Waals surface area contributed by atoms with E-state index in [0.29, 0.717) is 0 Å². The molecule has 9 heavy (non-hydrogen) atoms. The van der Waals surface area contributed by atoms with Gasteiger partial charge in [-0.25, -0.2) is 0 Å². The molecule has 1 rings (SSSR count). The summed E-state index contributed by atoms with van der Waals surface area (Å²) in [6.07, 6.45) is 6.35. The third kappa shape index (κ3) is 1.60. The van der Waals surface area contributed by atoms with Crippen molar-refractivity contribution in [3.8, 4) is 0 Å². The molecule has 1 N–H and O–H groups in total. The summed E-state index contributed by atoms with van der Waals surface area (Å²) >= 11 is 0. The monoisotopic (exact) mass is 123 g/mol. The molecule has 1 heterocycles. The van der Waals surface area contributed by atoms with E-state index in [9.17, 15) is 0 Å². The largest absolute Gasteiger partial charge is 0.382 e. The molecule has 0 bridgehead atoms. The SMILES string of the molecule is CC1=CNC(C)(C)C=C1. The Labute approximate surface area is 56.5 Å². The van der Waals surface area contributed by atoms with E-state index in [1.54, 1.807) is 0 Å². The lowest BCUT2D eigenvalue weighted by Crippen LogP contribution is -2.34. The second-order valence-electron chi connectivity index (χ2n) is 3.09. The second-order valence-corrected chi connectivity index (χ2v) is 3.09. The molecule has 0 unspecified atom stereocenters. The minimum absolute atomic E-state index is 0.152. The molecule has 1 aliphatic rings. The smallest absolute Gasteiger partial charge is 0.0497 e. The van der Waals surface area contributed by atoms with Gasteiger partial charge in [-0.15, -0.1) is 0 Å². The highest BCUT2D eigenvalue weighted by atomic mass is 14.9. The minimum atomic E-state index is 0.152. The molecule has 0 aliphatic carbocycles. The fraction of sp³-hybridized carbons (Fsp3) is 0.500. The van der Waals surface area contributed by atoms with Crippen molar-refractivity contribution >= 4 is 0 Å². The van der Waals surface area contributed by atoms with Crippen molar-refractivity contribution in [3.05, 3.63) is 23.9 Å². The van der Waals surface area contributed by atoms with Gasteiger partial charge in [0.1, 0.15) is 0 Å². The summed E-state index contributed by atoms with van der Waals surface area (Å²) in [5.74, 6) is 0. The van der Waals surface area contributed by atoms with Gasteiger partial charge in [0.2, 0.25) is 0 Å². The Balaban J connectivity index is 2.70. The second kappa shape index (κ2) is 1.90. The minimum Gasteiger partial charge on any atom is -0.382 e. The number of hydrogen-bond donors (Lipinski definition) is 1. The molecule has 0 aromatic rings. The van der Waals surface area contributed by atoms with E-state index < -0.39 is 0 Å². The number of allylic oxidation sites excluding steroid dienone is 2. The Kier molecular flexibility index (Phi) is 1.35. The van der Waals surface area contributed by atoms with Crippen molar-refractivity contribution in [3.63, 3.8) is 0 Å². The molecule has 0 saturated heterocycles. The van der Waals surface area contributed by atoms with Gasteiger partial charge in [-0.1, -0.05) is 12.2 Å². The summed E-state index contributed by atoms with van der Waals surface area (Å²) < 4.78 is 0. The standard InChI is InChI=1S/C8H13N/c1-7-4-5-8(2,3)9-6-7/h4-6,9H,1-3H3. The molecule has 50 valence electrons. The van der Waals surface area contributed by atoms with Gasteiger partial charge >= 0.3 is 0 Å². The van der Waals surface area contributed by atoms with Gasteiger partial charge in [0.25, 0.3) is 0 Å². The van der Waals surface area contributed by atoms with Gasteiger partial charge < -0.3 is 5.32 Å². The summed E-state index contributed by atoms with van der Waals surface area (Å²) in [6.45, 7) is 6.37. The molecule has 0 amide bonds. The van der Waals surface area contributed by atoms with Crippen LogP contribution in [0, 0.1) is 0 Å². The average Bonchev–Trinajstić information content (AvgIpc) is 1.78. The van der Waals surface area contributed by atoms with Crippen LogP contribution in [0.15, 0.2) is 23.9 Å². The third-order valence-electron chi connectivity index (χ3n) is 1.43. The lowest BCUT2D eigenvalue weighted by Gasteiger charge is -2.24. The summed E-state index contributed by atoms with van der Waals surface area (Å²) in [5.41, 5.74) is 1.44. The van der Waals surface area contributed by atoms with Crippen molar-refractivity contribution in [2.75, 3.05) is 0 Å². The van der Waals surface area contributed by atoms with Gasteiger partial charge in [0.15, 0.2) is 0 Å². The van der Waals surface area contributed by atoms with E-state index in [4.69, 9.17) is 0 Å². The van der Waals surface area contributed by atoms with Crippen molar-refractivity contribution in [2.24, 2.45) is 0 Å². The first-order valence-corrected chi connectivity index (χ1v) is 3.24. The van der Waals surface area contributed by atoms with Crippen LogP contribution >= 0.6 is 0 Å².